The Bertz CT molecular complexity index is 1030. The minimum atomic E-state index is -0.430. The fraction of sp³-hybridized carbons (Fsp3) is 0.316. The van der Waals surface area contributed by atoms with Crippen LogP contribution in [0.5, 0.6) is 0 Å². The summed E-state index contributed by atoms with van der Waals surface area (Å²) in [6.45, 7) is 5.76. The van der Waals surface area contributed by atoms with E-state index in [2.05, 4.69) is 20.5 Å². The van der Waals surface area contributed by atoms with E-state index in [1.54, 1.807) is 13.8 Å². The monoisotopic (exact) mass is 431 g/mol. The summed E-state index contributed by atoms with van der Waals surface area (Å²) in [5, 5.41) is 12.1. The molecule has 0 unspecified atom stereocenters. The number of rotatable bonds is 7. The molecule has 2 aromatic heterocycles. The Morgan fingerprint density at radius 1 is 1.21 bits per heavy atom. The number of carbonyl (C=O) groups is 2. The summed E-state index contributed by atoms with van der Waals surface area (Å²) in [5.41, 5.74) is 2.67. The number of anilines is 1. The maximum Gasteiger partial charge on any atom is 0.350 e. The Kier molecular flexibility index (Phi) is 6.65. The molecule has 2 heterocycles. The zero-order chi connectivity index (χ0) is 21.0. The molecule has 29 heavy (non-hydrogen) atoms. The van der Waals surface area contributed by atoms with Gasteiger partial charge in [0.15, 0.2) is 16.1 Å². The van der Waals surface area contributed by atoms with Crippen molar-refractivity contribution in [2.24, 2.45) is 7.05 Å². The Morgan fingerprint density at radius 3 is 2.62 bits per heavy atom. The van der Waals surface area contributed by atoms with Crippen LogP contribution >= 0.6 is 23.1 Å². The number of aryl methyl sites for hydroxylation is 2. The number of thioether (sulfide) groups is 1. The van der Waals surface area contributed by atoms with E-state index in [0.29, 0.717) is 20.9 Å². The van der Waals surface area contributed by atoms with Crippen LogP contribution in [0.2, 0.25) is 0 Å². The normalized spacial score (nSPS) is 10.8. The van der Waals surface area contributed by atoms with E-state index in [4.69, 9.17) is 4.74 Å². The number of carbonyl (C=O) groups excluding carboxylic acids is 2. The Hall–Kier alpha value is -2.72. The van der Waals surface area contributed by atoms with Gasteiger partial charge in [0.25, 0.3) is 0 Å². The topological polar surface area (TPSA) is 99.0 Å². The highest BCUT2D eigenvalue weighted by atomic mass is 32.2. The van der Waals surface area contributed by atoms with Crippen LogP contribution in [0.4, 0.5) is 5.13 Å². The first-order chi connectivity index (χ1) is 13.9. The van der Waals surface area contributed by atoms with E-state index in [1.807, 2.05) is 42.8 Å². The molecule has 3 aromatic rings. The third-order valence-electron chi connectivity index (χ3n) is 3.98. The molecule has 0 atom stereocenters. The minimum absolute atomic E-state index is 0.146. The summed E-state index contributed by atoms with van der Waals surface area (Å²) in [6, 6.07) is 8.02. The average Bonchev–Trinajstić information content (AvgIpc) is 3.23. The lowest BCUT2D eigenvalue weighted by Gasteiger charge is -2.04. The zero-order valence-electron chi connectivity index (χ0n) is 16.6. The highest BCUT2D eigenvalue weighted by Gasteiger charge is 2.18. The number of thiazole rings is 1. The Labute approximate surface area is 176 Å². The van der Waals surface area contributed by atoms with Crippen LogP contribution in [0.1, 0.15) is 27.9 Å². The van der Waals surface area contributed by atoms with Gasteiger partial charge in [-0.05, 0) is 20.8 Å². The number of amides is 1. The van der Waals surface area contributed by atoms with E-state index in [-0.39, 0.29) is 18.3 Å². The minimum Gasteiger partial charge on any atom is -0.462 e. The highest BCUT2D eigenvalue weighted by Crippen LogP contribution is 2.25. The van der Waals surface area contributed by atoms with Crippen molar-refractivity contribution in [1.82, 2.24) is 19.7 Å². The van der Waals surface area contributed by atoms with Crippen molar-refractivity contribution in [3.63, 3.8) is 0 Å². The van der Waals surface area contributed by atoms with Crippen molar-refractivity contribution in [3.8, 4) is 11.4 Å². The first-order valence-electron chi connectivity index (χ1n) is 8.92. The van der Waals surface area contributed by atoms with Gasteiger partial charge in [0.05, 0.1) is 18.1 Å². The lowest BCUT2D eigenvalue weighted by atomic mass is 10.1. The van der Waals surface area contributed by atoms with Gasteiger partial charge in [-0.25, -0.2) is 9.78 Å². The molecule has 0 saturated carbocycles. The molecule has 1 aromatic carbocycles. The first-order valence-corrected chi connectivity index (χ1v) is 10.7. The molecular formula is C19H21N5O3S2. The van der Waals surface area contributed by atoms with Crippen LogP contribution in [0.15, 0.2) is 29.4 Å². The molecule has 0 aliphatic heterocycles. The first kappa shape index (κ1) is 21.0. The Balaban J connectivity index is 1.61. The second kappa shape index (κ2) is 9.19. The van der Waals surface area contributed by atoms with Crippen LogP contribution < -0.4 is 5.32 Å². The number of benzene rings is 1. The van der Waals surface area contributed by atoms with Gasteiger partial charge in [-0.2, -0.15) is 0 Å². The summed E-state index contributed by atoms with van der Waals surface area (Å²) in [7, 11) is 1.87. The van der Waals surface area contributed by atoms with Crippen molar-refractivity contribution >= 4 is 40.1 Å². The van der Waals surface area contributed by atoms with Crippen LogP contribution in [-0.4, -0.2) is 44.0 Å². The highest BCUT2D eigenvalue weighted by molar-refractivity contribution is 7.99. The van der Waals surface area contributed by atoms with Crippen LogP contribution in [0, 0.1) is 13.8 Å². The predicted molar refractivity (Wildman–Crippen MR) is 113 cm³/mol. The van der Waals surface area contributed by atoms with E-state index in [9.17, 15) is 9.59 Å². The SMILES string of the molecule is CCOC(=O)c1sc(NC(=O)CSc2nnc(-c3ccc(C)cc3)n2C)nc1C. The number of hydrogen-bond acceptors (Lipinski definition) is 8. The van der Waals surface area contributed by atoms with E-state index < -0.39 is 5.97 Å². The maximum atomic E-state index is 12.3. The summed E-state index contributed by atoms with van der Waals surface area (Å²) in [6.07, 6.45) is 0. The third kappa shape index (κ3) is 5.01. The van der Waals surface area contributed by atoms with Crippen molar-refractivity contribution < 1.29 is 14.3 Å². The van der Waals surface area contributed by atoms with Gasteiger partial charge in [0, 0.05) is 12.6 Å². The van der Waals surface area contributed by atoms with Crippen LogP contribution in [-0.2, 0) is 16.6 Å². The molecule has 8 nitrogen and oxygen atoms in total. The lowest BCUT2D eigenvalue weighted by Crippen LogP contribution is -2.14. The molecule has 0 spiro atoms. The summed E-state index contributed by atoms with van der Waals surface area (Å²) >= 11 is 2.38. The van der Waals surface area contributed by atoms with Gasteiger partial charge < -0.3 is 14.6 Å². The molecule has 3 rings (SSSR count). The molecule has 0 aliphatic carbocycles. The standard InChI is InChI=1S/C19H21N5O3S2/c1-5-27-17(26)15-12(3)20-18(29-15)21-14(25)10-28-19-23-22-16(24(19)4)13-8-6-11(2)7-9-13/h6-9H,5,10H2,1-4H3,(H,20,21,25). The molecule has 0 fully saturated rings. The number of nitrogens with one attached hydrogen (secondary N) is 1. The quantitative estimate of drug-likeness (QED) is 0.452. The van der Waals surface area contributed by atoms with Crippen molar-refractivity contribution in [3.05, 3.63) is 40.4 Å². The fourth-order valence-corrected chi connectivity index (χ4v) is 4.10. The van der Waals surface area contributed by atoms with Gasteiger partial charge >= 0.3 is 5.97 Å². The summed E-state index contributed by atoms with van der Waals surface area (Å²) in [5.74, 6) is 0.217. The molecule has 0 radical (unpaired) electrons. The molecule has 0 bridgehead atoms. The number of esters is 1. The molecule has 1 N–H and O–H groups in total. The van der Waals surface area contributed by atoms with Gasteiger partial charge in [-0.3, -0.25) is 4.79 Å². The molecule has 0 aliphatic rings. The van der Waals surface area contributed by atoms with Crippen LogP contribution in [0.3, 0.4) is 0 Å². The number of nitrogens with zero attached hydrogens (tertiary/aromatic N) is 4. The van der Waals surface area contributed by atoms with Gasteiger partial charge in [-0.15, -0.1) is 10.2 Å². The molecule has 152 valence electrons. The smallest absolute Gasteiger partial charge is 0.350 e. The molecule has 10 heteroatoms. The average molecular weight is 432 g/mol. The van der Waals surface area contributed by atoms with Crippen molar-refractivity contribution in [2.75, 3.05) is 17.7 Å². The fourth-order valence-electron chi connectivity index (χ4n) is 2.52. The summed E-state index contributed by atoms with van der Waals surface area (Å²) < 4.78 is 6.84. The van der Waals surface area contributed by atoms with Gasteiger partial charge in [0.1, 0.15) is 4.88 Å². The summed E-state index contributed by atoms with van der Waals surface area (Å²) in [4.78, 5) is 28.8. The molecular weight excluding hydrogens is 410 g/mol. The second-order valence-corrected chi connectivity index (χ2v) is 8.16. The Morgan fingerprint density at radius 2 is 1.93 bits per heavy atom. The van der Waals surface area contributed by atoms with Crippen molar-refractivity contribution in [1.29, 1.82) is 0 Å². The third-order valence-corrected chi connectivity index (χ3v) is 6.05. The van der Waals surface area contributed by atoms with Gasteiger partial charge in [-0.1, -0.05) is 52.9 Å². The second-order valence-electron chi connectivity index (χ2n) is 6.22. The van der Waals surface area contributed by atoms with Gasteiger partial charge in [0.2, 0.25) is 5.91 Å². The van der Waals surface area contributed by atoms with E-state index in [0.717, 1.165) is 22.7 Å². The zero-order valence-corrected chi connectivity index (χ0v) is 18.2. The largest absolute Gasteiger partial charge is 0.462 e. The number of ether oxygens (including phenoxy) is 1. The van der Waals surface area contributed by atoms with Crippen molar-refractivity contribution in [2.45, 2.75) is 25.9 Å². The predicted octanol–water partition coefficient (Wildman–Crippen LogP) is 3.46. The van der Waals surface area contributed by atoms with E-state index >= 15 is 0 Å². The molecule has 1 amide bonds. The maximum absolute atomic E-state index is 12.3. The van der Waals surface area contributed by atoms with Crippen LogP contribution in [0.25, 0.3) is 11.4 Å². The number of hydrogen-bond donors (Lipinski definition) is 1. The molecule has 0 saturated heterocycles. The lowest BCUT2D eigenvalue weighted by molar-refractivity contribution is -0.113. The number of aromatic nitrogens is 4. The van der Waals surface area contributed by atoms with E-state index in [1.165, 1.54) is 17.3 Å².